The molecular formula is C21H17NO4. The summed E-state index contributed by atoms with van der Waals surface area (Å²) in [4.78, 5) is 4.48. The van der Waals surface area contributed by atoms with Crippen molar-refractivity contribution in [3.8, 4) is 17.2 Å². The molecule has 0 bridgehead atoms. The summed E-state index contributed by atoms with van der Waals surface area (Å²) in [5.74, 6) is 1.07. The number of aromatic hydroxyl groups is 1. The fraction of sp³-hybridized carbons (Fsp3) is 0.0952. The van der Waals surface area contributed by atoms with Crippen LogP contribution in [-0.2, 0) is 0 Å². The summed E-state index contributed by atoms with van der Waals surface area (Å²) in [6.07, 6.45) is 1.57. The molecule has 4 aromatic rings. The van der Waals surface area contributed by atoms with Crippen molar-refractivity contribution in [2.45, 2.75) is 0 Å². The molecule has 0 saturated heterocycles. The van der Waals surface area contributed by atoms with Crippen LogP contribution >= 0.6 is 0 Å². The van der Waals surface area contributed by atoms with Crippen LogP contribution in [0.4, 0.5) is 5.69 Å². The van der Waals surface area contributed by atoms with Gasteiger partial charge in [0.05, 0.1) is 14.2 Å². The molecule has 0 aliphatic heterocycles. The SMILES string of the molecule is COc1cc2c(cc1N=Cc1cccc(OC)c1O)oc1ccccc12. The molecule has 0 aliphatic carbocycles. The normalized spacial score (nSPS) is 11.5. The van der Waals surface area contributed by atoms with Crippen molar-refractivity contribution in [1.82, 2.24) is 0 Å². The van der Waals surface area contributed by atoms with E-state index in [9.17, 15) is 5.11 Å². The number of furan rings is 1. The molecule has 0 unspecified atom stereocenters. The third-order valence-corrected chi connectivity index (χ3v) is 4.27. The number of fused-ring (bicyclic) bond motifs is 3. The van der Waals surface area contributed by atoms with Gasteiger partial charge >= 0.3 is 0 Å². The standard InChI is InChI=1S/C21H17NO4/c1-24-18-9-5-6-13(21(18)23)12-22-16-11-19-15(10-20(16)25-2)14-7-3-4-8-17(14)26-19/h3-12,23H,1-2H3. The lowest BCUT2D eigenvalue weighted by Gasteiger charge is -2.06. The van der Waals surface area contributed by atoms with Crippen LogP contribution in [-0.4, -0.2) is 25.5 Å². The van der Waals surface area contributed by atoms with Gasteiger partial charge in [0.15, 0.2) is 11.5 Å². The van der Waals surface area contributed by atoms with Crippen LogP contribution in [0.1, 0.15) is 5.56 Å². The fourth-order valence-corrected chi connectivity index (χ4v) is 2.95. The summed E-state index contributed by atoms with van der Waals surface area (Å²) >= 11 is 0. The number of hydrogen-bond donors (Lipinski definition) is 1. The van der Waals surface area contributed by atoms with Crippen LogP contribution in [0.5, 0.6) is 17.2 Å². The molecule has 26 heavy (non-hydrogen) atoms. The van der Waals surface area contributed by atoms with E-state index in [0.717, 1.165) is 21.9 Å². The molecule has 3 aromatic carbocycles. The third kappa shape index (κ3) is 2.63. The number of hydrogen-bond acceptors (Lipinski definition) is 5. The maximum absolute atomic E-state index is 10.2. The fourth-order valence-electron chi connectivity index (χ4n) is 2.95. The van der Waals surface area contributed by atoms with Gasteiger partial charge in [0.2, 0.25) is 0 Å². The topological polar surface area (TPSA) is 64.2 Å². The van der Waals surface area contributed by atoms with Crippen LogP contribution in [0, 0.1) is 0 Å². The van der Waals surface area contributed by atoms with Crippen LogP contribution in [0.25, 0.3) is 21.9 Å². The molecule has 130 valence electrons. The molecule has 4 rings (SSSR count). The van der Waals surface area contributed by atoms with Crippen molar-refractivity contribution in [2.75, 3.05) is 14.2 Å². The Hall–Kier alpha value is -3.47. The molecule has 5 heteroatoms. The molecule has 5 nitrogen and oxygen atoms in total. The van der Waals surface area contributed by atoms with E-state index in [1.54, 1.807) is 31.5 Å². The van der Waals surface area contributed by atoms with Crippen molar-refractivity contribution in [2.24, 2.45) is 4.99 Å². The summed E-state index contributed by atoms with van der Waals surface area (Å²) in [6, 6.07) is 16.8. The molecule has 0 atom stereocenters. The Bertz CT molecular complexity index is 1130. The summed E-state index contributed by atoms with van der Waals surface area (Å²) in [5, 5.41) is 12.2. The Kier molecular flexibility index (Phi) is 3.97. The number of phenolic OH excluding ortho intramolecular Hbond substituents is 1. The van der Waals surface area contributed by atoms with Gasteiger partial charge in [0, 0.05) is 28.6 Å². The molecule has 0 fully saturated rings. The van der Waals surface area contributed by atoms with Crippen molar-refractivity contribution >= 4 is 33.8 Å². The van der Waals surface area contributed by atoms with Crippen LogP contribution in [0.3, 0.4) is 0 Å². The van der Waals surface area contributed by atoms with Crippen LogP contribution in [0.15, 0.2) is 64.0 Å². The van der Waals surface area contributed by atoms with Gasteiger partial charge in [-0.05, 0) is 24.3 Å². The highest BCUT2D eigenvalue weighted by Gasteiger charge is 2.12. The van der Waals surface area contributed by atoms with Crippen molar-refractivity contribution in [3.05, 3.63) is 60.2 Å². The largest absolute Gasteiger partial charge is 0.504 e. The van der Waals surface area contributed by atoms with E-state index in [0.29, 0.717) is 22.7 Å². The number of rotatable bonds is 4. The van der Waals surface area contributed by atoms with E-state index in [1.807, 2.05) is 36.4 Å². The second kappa shape index (κ2) is 6.44. The second-order valence-electron chi connectivity index (χ2n) is 5.77. The zero-order valence-corrected chi connectivity index (χ0v) is 14.4. The average molecular weight is 347 g/mol. The second-order valence-corrected chi connectivity index (χ2v) is 5.77. The van der Waals surface area contributed by atoms with E-state index in [2.05, 4.69) is 4.99 Å². The quantitative estimate of drug-likeness (QED) is 0.524. The molecule has 0 radical (unpaired) electrons. The molecule has 1 heterocycles. The lowest BCUT2D eigenvalue weighted by molar-refractivity contribution is 0.373. The van der Waals surface area contributed by atoms with Gasteiger partial charge in [-0.25, -0.2) is 0 Å². The highest BCUT2D eigenvalue weighted by atomic mass is 16.5. The first-order valence-corrected chi connectivity index (χ1v) is 8.10. The first kappa shape index (κ1) is 16.0. The Morgan fingerprint density at radius 3 is 2.50 bits per heavy atom. The number of methoxy groups -OCH3 is 2. The van der Waals surface area contributed by atoms with E-state index in [1.165, 1.54) is 7.11 Å². The Labute approximate surface area is 150 Å². The Balaban J connectivity index is 1.82. The van der Waals surface area contributed by atoms with Crippen LogP contribution in [0.2, 0.25) is 0 Å². The molecule has 0 aliphatic rings. The lowest BCUT2D eigenvalue weighted by Crippen LogP contribution is -1.89. The summed E-state index contributed by atoms with van der Waals surface area (Å²) in [6.45, 7) is 0. The number of para-hydroxylation sites is 2. The van der Waals surface area contributed by atoms with Gasteiger partial charge in [0.25, 0.3) is 0 Å². The van der Waals surface area contributed by atoms with E-state index < -0.39 is 0 Å². The smallest absolute Gasteiger partial charge is 0.166 e. The van der Waals surface area contributed by atoms with E-state index in [-0.39, 0.29) is 5.75 Å². The molecule has 0 saturated carbocycles. The number of aliphatic imine (C=N–C) groups is 1. The third-order valence-electron chi connectivity index (χ3n) is 4.27. The van der Waals surface area contributed by atoms with Gasteiger partial charge in [-0.2, -0.15) is 0 Å². The lowest BCUT2D eigenvalue weighted by atomic mass is 10.1. The predicted octanol–water partition coefficient (Wildman–Crippen LogP) is 5.06. The maximum atomic E-state index is 10.2. The number of nitrogens with zero attached hydrogens (tertiary/aromatic N) is 1. The summed E-state index contributed by atoms with van der Waals surface area (Å²) in [5.41, 5.74) is 2.71. The minimum atomic E-state index is 0.0440. The highest BCUT2D eigenvalue weighted by Crippen LogP contribution is 2.38. The molecule has 1 aromatic heterocycles. The number of benzene rings is 3. The molecular weight excluding hydrogens is 330 g/mol. The summed E-state index contributed by atoms with van der Waals surface area (Å²) < 4.78 is 16.5. The Morgan fingerprint density at radius 2 is 1.69 bits per heavy atom. The van der Waals surface area contributed by atoms with Crippen molar-refractivity contribution in [1.29, 1.82) is 0 Å². The number of phenols is 1. The zero-order valence-electron chi connectivity index (χ0n) is 14.4. The minimum Gasteiger partial charge on any atom is -0.504 e. The van der Waals surface area contributed by atoms with E-state index in [4.69, 9.17) is 13.9 Å². The molecule has 0 spiro atoms. The van der Waals surface area contributed by atoms with Gasteiger partial charge in [-0.1, -0.05) is 24.3 Å². The van der Waals surface area contributed by atoms with Crippen molar-refractivity contribution in [3.63, 3.8) is 0 Å². The molecule has 1 N–H and O–H groups in total. The monoisotopic (exact) mass is 347 g/mol. The first-order chi connectivity index (χ1) is 12.7. The maximum Gasteiger partial charge on any atom is 0.166 e. The first-order valence-electron chi connectivity index (χ1n) is 8.10. The minimum absolute atomic E-state index is 0.0440. The van der Waals surface area contributed by atoms with Crippen molar-refractivity contribution < 1.29 is 19.0 Å². The van der Waals surface area contributed by atoms with Crippen LogP contribution < -0.4 is 9.47 Å². The van der Waals surface area contributed by atoms with E-state index >= 15 is 0 Å². The van der Waals surface area contributed by atoms with Gasteiger partial charge in [-0.15, -0.1) is 0 Å². The molecule has 0 amide bonds. The van der Waals surface area contributed by atoms with Gasteiger partial charge in [-0.3, -0.25) is 4.99 Å². The Morgan fingerprint density at radius 1 is 0.885 bits per heavy atom. The number of ether oxygens (including phenoxy) is 2. The highest BCUT2D eigenvalue weighted by molar-refractivity contribution is 6.06. The average Bonchev–Trinajstić information content (AvgIpc) is 3.03. The van der Waals surface area contributed by atoms with Gasteiger partial charge < -0.3 is 19.0 Å². The summed E-state index contributed by atoms with van der Waals surface area (Å²) in [7, 11) is 3.11. The van der Waals surface area contributed by atoms with Gasteiger partial charge in [0.1, 0.15) is 22.6 Å². The predicted molar refractivity (Wildman–Crippen MR) is 102 cm³/mol. The zero-order chi connectivity index (χ0) is 18.1.